The number of para-hydroxylation sites is 1. The molecule has 0 aliphatic rings. The van der Waals surface area contributed by atoms with Gasteiger partial charge in [-0.05, 0) is 50.5 Å². The monoisotopic (exact) mass is 738 g/mol. The summed E-state index contributed by atoms with van der Waals surface area (Å²) in [7, 11) is 0. The van der Waals surface area contributed by atoms with Crippen molar-refractivity contribution in [3.05, 3.63) is 206 Å². The first kappa shape index (κ1) is 33.5. The summed E-state index contributed by atoms with van der Waals surface area (Å²) in [5.41, 5.74) is 11.8. The van der Waals surface area contributed by atoms with Gasteiger partial charge in [-0.3, -0.25) is 4.98 Å². The fourth-order valence-electron chi connectivity index (χ4n) is 8.26. The van der Waals surface area contributed by atoms with Gasteiger partial charge in [0, 0.05) is 44.4 Å². The van der Waals surface area contributed by atoms with Crippen LogP contribution in [-0.2, 0) is 0 Å². The van der Waals surface area contributed by atoms with Crippen molar-refractivity contribution >= 4 is 43.2 Å². The highest BCUT2D eigenvalue weighted by molar-refractivity contribution is 6.23. The summed E-state index contributed by atoms with van der Waals surface area (Å²) in [5.74, 6) is 0.654. The predicted molar refractivity (Wildman–Crippen MR) is 240 cm³/mol. The first-order valence-corrected chi connectivity index (χ1v) is 19.5. The lowest BCUT2D eigenvalue weighted by Crippen LogP contribution is -1.99. The maximum atomic E-state index is 5.31. The number of aromatic nitrogens is 4. The largest absolute Gasteiger partial charge is 0.253 e. The smallest absolute Gasteiger partial charge is 0.160 e. The van der Waals surface area contributed by atoms with Crippen molar-refractivity contribution in [1.82, 2.24) is 19.9 Å². The number of pyridine rings is 2. The molecule has 3 heterocycles. The van der Waals surface area contributed by atoms with E-state index in [1.54, 1.807) is 0 Å². The molecule has 0 unspecified atom stereocenters. The van der Waals surface area contributed by atoms with E-state index in [1.807, 2.05) is 18.3 Å². The fourth-order valence-corrected chi connectivity index (χ4v) is 8.26. The summed E-state index contributed by atoms with van der Waals surface area (Å²) >= 11 is 0. The molecule has 58 heavy (non-hydrogen) atoms. The highest BCUT2D eigenvalue weighted by Gasteiger charge is 2.19. The number of hydrogen-bond acceptors (Lipinski definition) is 4. The zero-order chi connectivity index (χ0) is 38.4. The summed E-state index contributed by atoms with van der Waals surface area (Å²) in [5, 5.41) is 7.86. The summed E-state index contributed by atoms with van der Waals surface area (Å²) in [4.78, 5) is 21.0. The Balaban J connectivity index is 1.10. The van der Waals surface area contributed by atoms with Crippen LogP contribution in [0.3, 0.4) is 0 Å². The SMILES string of the molecule is c1ccc(-c2ccc(-c3cc(-c4cnc(-c5nc6ccccc6c6c5ccc5ccccc56)c5ccccc45)nc(-c4ccc(-c5ccccc5)cc4)n3)cc2)cc1. The van der Waals surface area contributed by atoms with E-state index in [4.69, 9.17) is 19.9 Å². The Hall–Kier alpha value is -7.82. The highest BCUT2D eigenvalue weighted by atomic mass is 14.9. The van der Waals surface area contributed by atoms with Gasteiger partial charge < -0.3 is 0 Å². The van der Waals surface area contributed by atoms with Crippen LogP contribution in [0.5, 0.6) is 0 Å². The quantitative estimate of drug-likeness (QED) is 0.159. The van der Waals surface area contributed by atoms with E-state index in [0.29, 0.717) is 5.82 Å². The molecule has 0 saturated carbocycles. The van der Waals surface area contributed by atoms with Crippen LogP contribution in [0, 0.1) is 0 Å². The van der Waals surface area contributed by atoms with Gasteiger partial charge in [-0.2, -0.15) is 0 Å². The normalized spacial score (nSPS) is 11.4. The molecule has 0 aliphatic carbocycles. The van der Waals surface area contributed by atoms with Gasteiger partial charge in [0.2, 0.25) is 0 Å². The molecule has 11 rings (SSSR count). The minimum atomic E-state index is 0.654. The number of nitrogens with zero attached hydrogens (tertiary/aromatic N) is 4. The van der Waals surface area contributed by atoms with Gasteiger partial charge >= 0.3 is 0 Å². The first-order chi connectivity index (χ1) is 28.7. The van der Waals surface area contributed by atoms with E-state index in [2.05, 4.69) is 188 Å². The minimum Gasteiger partial charge on any atom is -0.253 e. The van der Waals surface area contributed by atoms with Gasteiger partial charge in [0.25, 0.3) is 0 Å². The van der Waals surface area contributed by atoms with Gasteiger partial charge in [-0.15, -0.1) is 0 Å². The Morgan fingerprint density at radius 1 is 0.310 bits per heavy atom. The molecule has 4 heteroatoms. The number of fused-ring (bicyclic) bond motifs is 6. The third kappa shape index (κ3) is 5.87. The molecule has 0 fully saturated rings. The molecule has 0 spiro atoms. The number of benzene rings is 8. The lowest BCUT2D eigenvalue weighted by atomic mass is 9.94. The van der Waals surface area contributed by atoms with E-state index in [1.165, 1.54) is 27.3 Å². The average molecular weight is 739 g/mol. The van der Waals surface area contributed by atoms with Crippen LogP contribution in [0.1, 0.15) is 0 Å². The topological polar surface area (TPSA) is 51.6 Å². The van der Waals surface area contributed by atoms with Crippen LogP contribution in [0.2, 0.25) is 0 Å². The van der Waals surface area contributed by atoms with Gasteiger partial charge in [0.15, 0.2) is 5.82 Å². The van der Waals surface area contributed by atoms with Crippen molar-refractivity contribution in [3.8, 4) is 67.5 Å². The molecule has 8 aromatic carbocycles. The van der Waals surface area contributed by atoms with E-state index in [9.17, 15) is 0 Å². The van der Waals surface area contributed by atoms with E-state index in [0.717, 1.165) is 77.7 Å². The molecule has 0 radical (unpaired) electrons. The summed E-state index contributed by atoms with van der Waals surface area (Å²) in [6.07, 6.45) is 1.97. The first-order valence-electron chi connectivity index (χ1n) is 19.5. The average Bonchev–Trinajstić information content (AvgIpc) is 3.31. The molecule has 0 aliphatic heterocycles. The van der Waals surface area contributed by atoms with E-state index >= 15 is 0 Å². The van der Waals surface area contributed by atoms with Crippen molar-refractivity contribution in [3.63, 3.8) is 0 Å². The van der Waals surface area contributed by atoms with Gasteiger partial charge in [0.05, 0.1) is 28.3 Å². The fraction of sp³-hybridized carbons (Fsp3) is 0. The zero-order valence-electron chi connectivity index (χ0n) is 31.4. The van der Waals surface area contributed by atoms with E-state index in [-0.39, 0.29) is 0 Å². The molecule has 0 saturated heterocycles. The Morgan fingerprint density at radius 3 is 1.55 bits per heavy atom. The second-order valence-electron chi connectivity index (χ2n) is 14.6. The molecule has 3 aromatic heterocycles. The molecule has 0 N–H and O–H groups in total. The minimum absolute atomic E-state index is 0.654. The Morgan fingerprint density at radius 2 is 0.845 bits per heavy atom. The van der Waals surface area contributed by atoms with Crippen molar-refractivity contribution in [1.29, 1.82) is 0 Å². The van der Waals surface area contributed by atoms with Crippen molar-refractivity contribution in [2.75, 3.05) is 0 Å². The highest BCUT2D eigenvalue weighted by Crippen LogP contribution is 2.41. The molecule has 4 nitrogen and oxygen atoms in total. The molecule has 0 bridgehead atoms. The van der Waals surface area contributed by atoms with Crippen molar-refractivity contribution < 1.29 is 0 Å². The Kier molecular flexibility index (Phi) is 8.11. The molecular weight excluding hydrogens is 705 g/mol. The second-order valence-corrected chi connectivity index (χ2v) is 14.6. The maximum absolute atomic E-state index is 5.31. The van der Waals surface area contributed by atoms with Crippen LogP contribution < -0.4 is 0 Å². The number of hydrogen-bond donors (Lipinski definition) is 0. The van der Waals surface area contributed by atoms with Crippen LogP contribution in [0.25, 0.3) is 111 Å². The molecule has 0 amide bonds. The Bertz CT molecular complexity index is 3190. The third-order valence-electron chi connectivity index (χ3n) is 11.1. The zero-order valence-corrected chi connectivity index (χ0v) is 31.4. The second kappa shape index (κ2) is 14.0. The summed E-state index contributed by atoms with van der Waals surface area (Å²) in [6, 6.07) is 70.0. The van der Waals surface area contributed by atoms with Crippen molar-refractivity contribution in [2.45, 2.75) is 0 Å². The predicted octanol–water partition coefficient (Wildman–Crippen LogP) is 13.9. The molecule has 11 aromatic rings. The Labute approximate surface area is 335 Å². The van der Waals surface area contributed by atoms with Crippen LogP contribution in [-0.4, -0.2) is 19.9 Å². The molecule has 270 valence electrons. The van der Waals surface area contributed by atoms with E-state index < -0.39 is 0 Å². The van der Waals surface area contributed by atoms with Crippen LogP contribution in [0.15, 0.2) is 206 Å². The number of rotatable bonds is 6. The maximum Gasteiger partial charge on any atom is 0.160 e. The molecular formula is C54H34N4. The van der Waals surface area contributed by atoms with Crippen LogP contribution >= 0.6 is 0 Å². The van der Waals surface area contributed by atoms with Crippen molar-refractivity contribution in [2.24, 2.45) is 0 Å². The van der Waals surface area contributed by atoms with Crippen LogP contribution in [0.4, 0.5) is 0 Å². The molecule has 0 atom stereocenters. The van der Waals surface area contributed by atoms with Gasteiger partial charge in [0.1, 0.15) is 0 Å². The summed E-state index contributed by atoms with van der Waals surface area (Å²) in [6.45, 7) is 0. The third-order valence-corrected chi connectivity index (χ3v) is 11.1. The lowest BCUT2D eigenvalue weighted by Gasteiger charge is -2.15. The van der Waals surface area contributed by atoms with Gasteiger partial charge in [-0.25, -0.2) is 15.0 Å². The standard InChI is InChI=1S/C54H34N4/c1-3-13-35(14-4-1)37-23-27-40(28-24-37)49-33-50(58-54(57-49)41-29-25-38(26-30-41)36-15-5-2-6-16-36)47-34-55-52(44-20-10-9-19-43(44)47)53-46-32-31-39-17-7-8-18-42(39)51(46)45-21-11-12-22-48(45)56-53/h1-34H. The lowest BCUT2D eigenvalue weighted by molar-refractivity contribution is 1.18. The van der Waals surface area contributed by atoms with Gasteiger partial charge in [-0.1, -0.05) is 188 Å². The summed E-state index contributed by atoms with van der Waals surface area (Å²) < 4.78 is 0.